The summed E-state index contributed by atoms with van der Waals surface area (Å²) in [7, 11) is 0. The van der Waals surface area contributed by atoms with Crippen LogP contribution < -0.4 is 4.90 Å². The lowest BCUT2D eigenvalue weighted by molar-refractivity contribution is -0.126. The smallest absolute Gasteiger partial charge is 0.253 e. The number of amides is 2. The lowest BCUT2D eigenvalue weighted by atomic mass is 9.90. The number of hydrogen-bond donors (Lipinski definition) is 0. The Morgan fingerprint density at radius 2 is 1.58 bits per heavy atom. The average molecular weight is 412 g/mol. The summed E-state index contributed by atoms with van der Waals surface area (Å²) in [5.41, 5.74) is 1.74. The van der Waals surface area contributed by atoms with Gasteiger partial charge in [0.2, 0.25) is 5.91 Å². The fourth-order valence-electron chi connectivity index (χ4n) is 4.63. The van der Waals surface area contributed by atoms with Gasteiger partial charge in [0, 0.05) is 17.6 Å². The number of hydrazine groups is 1. The SMILES string of the molecule is O=C1[C@@H]2[C@H](C(=O)N1c1cccc(Br)c1)N1CCCN1[C@H]2c1ccccc1. The maximum atomic E-state index is 13.4. The Hall–Kier alpha value is -2.02. The van der Waals surface area contributed by atoms with Gasteiger partial charge in [0.1, 0.15) is 6.04 Å². The van der Waals surface area contributed by atoms with Crippen LogP contribution in [0.15, 0.2) is 59.1 Å². The van der Waals surface area contributed by atoms with E-state index in [0.29, 0.717) is 5.69 Å². The zero-order valence-electron chi connectivity index (χ0n) is 14.1. The maximum Gasteiger partial charge on any atom is 0.253 e. The molecule has 0 radical (unpaired) electrons. The number of carbonyl (C=O) groups is 2. The van der Waals surface area contributed by atoms with Crippen molar-refractivity contribution >= 4 is 33.4 Å². The summed E-state index contributed by atoms with van der Waals surface area (Å²) in [6.07, 6.45) is 1.02. The number of anilines is 1. The van der Waals surface area contributed by atoms with Crippen LogP contribution >= 0.6 is 15.9 Å². The number of imide groups is 1. The molecule has 2 aromatic rings. The normalized spacial score (nSPS) is 28.7. The van der Waals surface area contributed by atoms with Gasteiger partial charge in [0.25, 0.3) is 5.91 Å². The number of nitrogens with zero attached hydrogens (tertiary/aromatic N) is 3. The van der Waals surface area contributed by atoms with Gasteiger partial charge in [-0.2, -0.15) is 0 Å². The molecule has 3 saturated heterocycles. The molecule has 3 atom stereocenters. The minimum Gasteiger partial charge on any atom is -0.274 e. The van der Waals surface area contributed by atoms with Gasteiger partial charge in [-0.05, 0) is 30.2 Å². The van der Waals surface area contributed by atoms with E-state index in [-0.39, 0.29) is 23.8 Å². The minimum atomic E-state index is -0.394. The maximum absolute atomic E-state index is 13.4. The second-order valence-electron chi connectivity index (χ2n) is 7.00. The number of benzene rings is 2. The summed E-state index contributed by atoms with van der Waals surface area (Å²) in [6, 6.07) is 17.0. The van der Waals surface area contributed by atoms with Crippen molar-refractivity contribution in [2.45, 2.75) is 18.5 Å². The molecule has 132 valence electrons. The van der Waals surface area contributed by atoms with Crippen molar-refractivity contribution in [3.05, 3.63) is 64.6 Å². The molecule has 0 aliphatic carbocycles. The summed E-state index contributed by atoms with van der Waals surface area (Å²) in [6.45, 7) is 1.72. The highest BCUT2D eigenvalue weighted by atomic mass is 79.9. The summed E-state index contributed by atoms with van der Waals surface area (Å²) in [5.74, 6) is -0.561. The third-order valence-electron chi connectivity index (χ3n) is 5.61. The summed E-state index contributed by atoms with van der Waals surface area (Å²) < 4.78 is 0.857. The van der Waals surface area contributed by atoms with Gasteiger partial charge in [-0.3, -0.25) is 9.59 Å². The molecule has 0 saturated carbocycles. The molecule has 0 unspecified atom stereocenters. The standard InChI is InChI=1S/C20H18BrN3O2/c21-14-8-4-9-15(12-14)24-19(25)16-17(13-6-2-1-3-7-13)22-10-5-11-23(22)18(16)20(24)26/h1-4,6-9,12,16-18H,5,10-11H2/t16-,17-,18+/m0/s1. The summed E-state index contributed by atoms with van der Waals surface area (Å²) in [5, 5.41) is 4.36. The van der Waals surface area contributed by atoms with Crippen LogP contribution in [-0.4, -0.2) is 41.0 Å². The van der Waals surface area contributed by atoms with Crippen LogP contribution in [0.25, 0.3) is 0 Å². The number of hydrogen-bond acceptors (Lipinski definition) is 4. The molecule has 3 aliphatic rings. The second kappa shape index (κ2) is 6.01. The molecule has 3 heterocycles. The van der Waals surface area contributed by atoms with Crippen molar-refractivity contribution in [2.24, 2.45) is 5.92 Å². The molecular formula is C20H18BrN3O2. The molecule has 2 amide bonds. The fraction of sp³-hybridized carbons (Fsp3) is 0.300. The van der Waals surface area contributed by atoms with Gasteiger partial charge in [0.15, 0.2) is 0 Å². The minimum absolute atomic E-state index is 0.0719. The number of halogens is 1. The first-order chi connectivity index (χ1) is 12.7. The average Bonchev–Trinajstić information content (AvgIpc) is 3.28. The van der Waals surface area contributed by atoms with E-state index < -0.39 is 6.04 Å². The van der Waals surface area contributed by atoms with Crippen LogP contribution in [0.4, 0.5) is 5.69 Å². The van der Waals surface area contributed by atoms with Crippen molar-refractivity contribution in [1.29, 1.82) is 0 Å². The number of fused-ring (bicyclic) bond motifs is 3. The third kappa shape index (κ3) is 2.22. The van der Waals surface area contributed by atoms with Crippen molar-refractivity contribution in [3.8, 4) is 0 Å². The topological polar surface area (TPSA) is 43.9 Å². The van der Waals surface area contributed by atoms with Gasteiger partial charge >= 0.3 is 0 Å². The van der Waals surface area contributed by atoms with Crippen LogP contribution in [0.5, 0.6) is 0 Å². The zero-order chi connectivity index (χ0) is 17.8. The van der Waals surface area contributed by atoms with Gasteiger partial charge in [-0.25, -0.2) is 14.9 Å². The Kier molecular flexibility index (Phi) is 3.74. The Labute approximate surface area is 160 Å². The molecule has 0 N–H and O–H groups in total. The van der Waals surface area contributed by atoms with E-state index in [0.717, 1.165) is 29.5 Å². The van der Waals surface area contributed by atoms with E-state index in [2.05, 4.69) is 38.1 Å². The predicted molar refractivity (Wildman–Crippen MR) is 101 cm³/mol. The highest BCUT2D eigenvalue weighted by molar-refractivity contribution is 9.10. The van der Waals surface area contributed by atoms with Crippen molar-refractivity contribution in [2.75, 3.05) is 18.0 Å². The number of rotatable bonds is 2. The molecule has 26 heavy (non-hydrogen) atoms. The van der Waals surface area contributed by atoms with E-state index in [1.807, 2.05) is 42.5 Å². The molecule has 3 fully saturated rings. The molecule has 2 aromatic carbocycles. The lowest BCUT2D eigenvalue weighted by Crippen LogP contribution is -2.44. The van der Waals surface area contributed by atoms with Crippen LogP contribution in [0.3, 0.4) is 0 Å². The summed E-state index contributed by atoms with van der Waals surface area (Å²) >= 11 is 3.44. The van der Waals surface area contributed by atoms with Crippen LogP contribution in [0, 0.1) is 5.92 Å². The quantitative estimate of drug-likeness (QED) is 0.712. The van der Waals surface area contributed by atoms with E-state index in [1.165, 1.54) is 4.90 Å². The van der Waals surface area contributed by atoms with Crippen LogP contribution in [0.2, 0.25) is 0 Å². The highest BCUT2D eigenvalue weighted by Gasteiger charge is 2.62. The first-order valence-corrected chi connectivity index (χ1v) is 9.67. The second-order valence-corrected chi connectivity index (χ2v) is 7.91. The lowest BCUT2D eigenvalue weighted by Gasteiger charge is -2.29. The van der Waals surface area contributed by atoms with E-state index in [4.69, 9.17) is 0 Å². The monoisotopic (exact) mass is 411 g/mol. The van der Waals surface area contributed by atoms with Crippen LogP contribution in [0.1, 0.15) is 18.0 Å². The molecular weight excluding hydrogens is 394 g/mol. The molecule has 3 aliphatic heterocycles. The van der Waals surface area contributed by atoms with E-state index in [9.17, 15) is 9.59 Å². The Morgan fingerprint density at radius 1 is 0.846 bits per heavy atom. The van der Waals surface area contributed by atoms with Crippen LogP contribution in [-0.2, 0) is 9.59 Å². The van der Waals surface area contributed by atoms with Crippen molar-refractivity contribution in [3.63, 3.8) is 0 Å². The Balaban J connectivity index is 1.60. The van der Waals surface area contributed by atoms with Crippen molar-refractivity contribution < 1.29 is 9.59 Å². The molecule has 0 spiro atoms. The Morgan fingerprint density at radius 3 is 2.31 bits per heavy atom. The fourth-order valence-corrected chi connectivity index (χ4v) is 5.02. The van der Waals surface area contributed by atoms with Crippen molar-refractivity contribution in [1.82, 2.24) is 10.0 Å². The Bertz CT molecular complexity index is 888. The first kappa shape index (κ1) is 16.2. The molecule has 5 rings (SSSR count). The molecule has 5 nitrogen and oxygen atoms in total. The van der Waals surface area contributed by atoms with Gasteiger partial charge in [-0.15, -0.1) is 0 Å². The zero-order valence-corrected chi connectivity index (χ0v) is 15.7. The third-order valence-corrected chi connectivity index (χ3v) is 6.11. The van der Waals surface area contributed by atoms with E-state index in [1.54, 1.807) is 0 Å². The number of carbonyl (C=O) groups excluding carboxylic acids is 2. The predicted octanol–water partition coefficient (Wildman–Crippen LogP) is 2.98. The van der Waals surface area contributed by atoms with Gasteiger partial charge in [-0.1, -0.05) is 52.3 Å². The largest absolute Gasteiger partial charge is 0.274 e. The highest BCUT2D eigenvalue weighted by Crippen LogP contribution is 2.48. The first-order valence-electron chi connectivity index (χ1n) is 8.88. The van der Waals surface area contributed by atoms with Gasteiger partial charge in [0.05, 0.1) is 17.6 Å². The van der Waals surface area contributed by atoms with E-state index >= 15 is 0 Å². The molecule has 6 heteroatoms. The summed E-state index contributed by atoms with van der Waals surface area (Å²) in [4.78, 5) is 28.0. The molecule has 0 aromatic heterocycles. The van der Waals surface area contributed by atoms with Gasteiger partial charge < -0.3 is 0 Å². The molecule has 0 bridgehead atoms.